The fourth-order valence-corrected chi connectivity index (χ4v) is 1.90. The van der Waals surface area contributed by atoms with Gasteiger partial charge in [0.15, 0.2) is 9.84 Å². The zero-order valence-corrected chi connectivity index (χ0v) is 10.0. The van der Waals surface area contributed by atoms with Gasteiger partial charge in [-0.2, -0.15) is 0 Å². The smallest absolute Gasteiger partial charge is 0.175 e. The van der Waals surface area contributed by atoms with Gasteiger partial charge in [-0.05, 0) is 24.6 Å². The molecule has 1 aromatic carbocycles. The Morgan fingerprint density at radius 1 is 1.50 bits per heavy atom. The Bertz CT molecular complexity index is 481. The van der Waals surface area contributed by atoms with Crippen molar-refractivity contribution in [2.45, 2.75) is 11.3 Å². The predicted octanol–water partition coefficient (Wildman–Crippen LogP) is 1.66. The Labute approximate surface area is 96.1 Å². The van der Waals surface area contributed by atoms with Gasteiger partial charge in [0, 0.05) is 12.8 Å². The van der Waals surface area contributed by atoms with Gasteiger partial charge in [0.2, 0.25) is 0 Å². The van der Waals surface area contributed by atoms with E-state index in [2.05, 4.69) is 11.9 Å². The number of nitrogen functional groups attached to an aromatic ring is 1. The Morgan fingerprint density at radius 3 is 2.69 bits per heavy atom. The number of nitrogens with two attached hydrogens (primary N) is 1. The van der Waals surface area contributed by atoms with E-state index in [9.17, 15) is 8.42 Å². The topological polar surface area (TPSA) is 72.2 Å². The molecule has 16 heavy (non-hydrogen) atoms. The van der Waals surface area contributed by atoms with Crippen LogP contribution in [0.2, 0.25) is 0 Å². The maximum atomic E-state index is 11.3. The third-order valence-electron chi connectivity index (χ3n) is 2.12. The highest BCUT2D eigenvalue weighted by Crippen LogP contribution is 2.22. The van der Waals surface area contributed by atoms with Crippen LogP contribution in [0.15, 0.2) is 35.7 Å². The van der Waals surface area contributed by atoms with E-state index in [-0.39, 0.29) is 4.90 Å². The molecule has 0 aliphatic carbocycles. The van der Waals surface area contributed by atoms with Crippen LogP contribution in [0, 0.1) is 0 Å². The molecule has 1 rings (SSSR count). The van der Waals surface area contributed by atoms with Crippen molar-refractivity contribution in [3.05, 3.63) is 30.9 Å². The Morgan fingerprint density at radius 2 is 2.19 bits per heavy atom. The summed E-state index contributed by atoms with van der Waals surface area (Å²) < 4.78 is 22.5. The van der Waals surface area contributed by atoms with Gasteiger partial charge < -0.3 is 11.1 Å². The summed E-state index contributed by atoms with van der Waals surface area (Å²) >= 11 is 0. The van der Waals surface area contributed by atoms with E-state index in [1.807, 2.05) is 0 Å². The van der Waals surface area contributed by atoms with Gasteiger partial charge >= 0.3 is 0 Å². The molecule has 0 spiro atoms. The number of benzene rings is 1. The van der Waals surface area contributed by atoms with Gasteiger partial charge in [0.1, 0.15) is 0 Å². The number of sulfone groups is 1. The van der Waals surface area contributed by atoms with E-state index in [0.717, 1.165) is 24.9 Å². The first kappa shape index (κ1) is 12.6. The number of nitrogens with one attached hydrogen (secondary N) is 1. The lowest BCUT2D eigenvalue weighted by atomic mass is 10.2. The first-order valence-electron chi connectivity index (χ1n) is 4.89. The van der Waals surface area contributed by atoms with E-state index < -0.39 is 9.84 Å². The first-order valence-corrected chi connectivity index (χ1v) is 6.78. The molecular weight excluding hydrogens is 224 g/mol. The summed E-state index contributed by atoms with van der Waals surface area (Å²) in [7, 11) is -3.19. The van der Waals surface area contributed by atoms with Crippen molar-refractivity contribution in [1.29, 1.82) is 0 Å². The minimum Gasteiger partial charge on any atom is -0.397 e. The molecule has 1 aromatic rings. The summed E-state index contributed by atoms with van der Waals surface area (Å²) in [6.45, 7) is 4.34. The largest absolute Gasteiger partial charge is 0.397 e. The molecule has 0 fully saturated rings. The molecule has 5 heteroatoms. The molecule has 3 N–H and O–H groups in total. The van der Waals surface area contributed by atoms with Crippen LogP contribution in [0.1, 0.15) is 6.42 Å². The number of hydrogen-bond donors (Lipinski definition) is 2. The first-order chi connectivity index (χ1) is 7.45. The van der Waals surface area contributed by atoms with Crippen LogP contribution in [-0.4, -0.2) is 21.2 Å². The zero-order chi connectivity index (χ0) is 12.2. The number of hydrogen-bond acceptors (Lipinski definition) is 4. The van der Waals surface area contributed by atoms with Crippen LogP contribution in [-0.2, 0) is 9.84 Å². The summed E-state index contributed by atoms with van der Waals surface area (Å²) in [5, 5.41) is 3.10. The summed E-state index contributed by atoms with van der Waals surface area (Å²) in [5.41, 5.74) is 6.93. The fraction of sp³-hybridized carbons (Fsp3) is 0.273. The maximum absolute atomic E-state index is 11.3. The van der Waals surface area contributed by atoms with Crippen LogP contribution < -0.4 is 11.1 Å². The summed E-state index contributed by atoms with van der Waals surface area (Å²) in [6.07, 6.45) is 3.79. The van der Waals surface area contributed by atoms with Gasteiger partial charge in [-0.25, -0.2) is 8.42 Å². The van der Waals surface area contributed by atoms with Crippen molar-refractivity contribution in [2.24, 2.45) is 0 Å². The maximum Gasteiger partial charge on any atom is 0.175 e. The fourth-order valence-electron chi connectivity index (χ4n) is 1.24. The van der Waals surface area contributed by atoms with Crippen LogP contribution in [0.4, 0.5) is 11.4 Å². The van der Waals surface area contributed by atoms with Gasteiger partial charge in [-0.1, -0.05) is 6.08 Å². The molecule has 0 aliphatic rings. The average Bonchev–Trinajstić information content (AvgIpc) is 2.19. The molecule has 0 aliphatic heterocycles. The van der Waals surface area contributed by atoms with E-state index in [1.54, 1.807) is 18.2 Å². The normalized spacial score (nSPS) is 11.1. The van der Waals surface area contributed by atoms with E-state index in [1.165, 1.54) is 6.07 Å². The number of rotatable bonds is 5. The van der Waals surface area contributed by atoms with Crippen molar-refractivity contribution in [1.82, 2.24) is 0 Å². The summed E-state index contributed by atoms with van der Waals surface area (Å²) in [4.78, 5) is 0.235. The molecule has 88 valence electrons. The lowest BCUT2D eigenvalue weighted by molar-refractivity contribution is 0.602. The molecule has 0 atom stereocenters. The van der Waals surface area contributed by atoms with Crippen molar-refractivity contribution in [2.75, 3.05) is 23.9 Å². The van der Waals surface area contributed by atoms with Crippen molar-refractivity contribution in [3.8, 4) is 0 Å². The van der Waals surface area contributed by atoms with E-state index >= 15 is 0 Å². The highest BCUT2D eigenvalue weighted by Gasteiger charge is 2.08. The molecule has 0 bridgehead atoms. The third kappa shape index (κ3) is 3.27. The number of anilines is 2. The molecular formula is C11H16N2O2S. The average molecular weight is 240 g/mol. The Hall–Kier alpha value is -1.49. The summed E-state index contributed by atoms with van der Waals surface area (Å²) in [6, 6.07) is 4.68. The van der Waals surface area contributed by atoms with Gasteiger partial charge in [0.25, 0.3) is 0 Å². The minimum atomic E-state index is -3.19. The minimum absolute atomic E-state index is 0.235. The molecule has 4 nitrogen and oxygen atoms in total. The standard InChI is InChI=1S/C11H16N2O2S/c1-3-4-7-13-11-6-5-9(8-10(11)12)16(2,14)15/h3,5-6,8,13H,1,4,7,12H2,2H3. The molecule has 0 amide bonds. The second kappa shape index (κ2) is 5.03. The van der Waals surface area contributed by atoms with Gasteiger partial charge in [0.05, 0.1) is 16.3 Å². The monoisotopic (exact) mass is 240 g/mol. The van der Waals surface area contributed by atoms with Crippen molar-refractivity contribution in [3.63, 3.8) is 0 Å². The Kier molecular flexibility index (Phi) is 3.95. The van der Waals surface area contributed by atoms with E-state index in [4.69, 9.17) is 5.73 Å². The lowest BCUT2D eigenvalue weighted by Gasteiger charge is -2.09. The molecule has 0 saturated carbocycles. The highest BCUT2D eigenvalue weighted by atomic mass is 32.2. The van der Waals surface area contributed by atoms with Gasteiger partial charge in [-0.3, -0.25) is 0 Å². The zero-order valence-electron chi connectivity index (χ0n) is 9.23. The molecule has 0 unspecified atom stereocenters. The second-order valence-corrected chi connectivity index (χ2v) is 5.54. The van der Waals surface area contributed by atoms with Crippen LogP contribution in [0.5, 0.6) is 0 Å². The quantitative estimate of drug-likeness (QED) is 0.466. The van der Waals surface area contributed by atoms with Gasteiger partial charge in [-0.15, -0.1) is 6.58 Å². The molecule has 0 radical (unpaired) electrons. The van der Waals surface area contributed by atoms with Crippen LogP contribution >= 0.6 is 0 Å². The summed E-state index contributed by atoms with van der Waals surface area (Å²) in [5.74, 6) is 0. The van der Waals surface area contributed by atoms with Crippen LogP contribution in [0.3, 0.4) is 0 Å². The van der Waals surface area contributed by atoms with Crippen molar-refractivity contribution < 1.29 is 8.42 Å². The molecule has 0 saturated heterocycles. The SMILES string of the molecule is C=CCCNc1ccc(S(C)(=O)=O)cc1N. The van der Waals surface area contributed by atoms with E-state index in [0.29, 0.717) is 5.69 Å². The highest BCUT2D eigenvalue weighted by molar-refractivity contribution is 7.90. The molecule has 0 aromatic heterocycles. The molecule has 0 heterocycles. The lowest BCUT2D eigenvalue weighted by Crippen LogP contribution is -2.05. The predicted molar refractivity (Wildman–Crippen MR) is 67.3 cm³/mol. The van der Waals surface area contributed by atoms with Crippen LogP contribution in [0.25, 0.3) is 0 Å². The van der Waals surface area contributed by atoms with Crippen molar-refractivity contribution >= 4 is 21.2 Å². The Balaban J connectivity index is 2.88. The second-order valence-electron chi connectivity index (χ2n) is 3.53. The third-order valence-corrected chi connectivity index (χ3v) is 3.23.